The first-order valence-corrected chi connectivity index (χ1v) is 7.27. The molecule has 0 atom stereocenters. The minimum atomic E-state index is 0.372. The van der Waals surface area contributed by atoms with Gasteiger partial charge in [-0.3, -0.25) is 0 Å². The van der Waals surface area contributed by atoms with Crippen molar-refractivity contribution < 1.29 is 9.47 Å². The first kappa shape index (κ1) is 14.3. The maximum absolute atomic E-state index is 5.69. The van der Waals surface area contributed by atoms with Crippen LogP contribution in [0.4, 0.5) is 0 Å². The lowest BCUT2D eigenvalue weighted by Gasteiger charge is -2.10. The van der Waals surface area contributed by atoms with Crippen LogP contribution in [0.3, 0.4) is 0 Å². The van der Waals surface area contributed by atoms with Crippen LogP contribution in [-0.2, 0) is 4.74 Å². The molecule has 3 nitrogen and oxygen atoms in total. The van der Waals surface area contributed by atoms with Gasteiger partial charge < -0.3 is 15.2 Å². The van der Waals surface area contributed by atoms with Crippen LogP contribution in [0.1, 0.15) is 31.2 Å². The number of rotatable bonds is 9. The van der Waals surface area contributed by atoms with Crippen molar-refractivity contribution in [1.82, 2.24) is 0 Å². The van der Waals surface area contributed by atoms with Gasteiger partial charge in [-0.25, -0.2) is 0 Å². The number of para-hydroxylation sites is 1. The van der Waals surface area contributed by atoms with Crippen molar-refractivity contribution in [2.75, 3.05) is 19.8 Å². The zero-order chi connectivity index (χ0) is 13.5. The SMILES string of the molecule is NC(=S)c1ccccc1OCCCOCCC1CC1. The Labute approximate surface area is 120 Å². The number of hydrogen-bond acceptors (Lipinski definition) is 3. The Morgan fingerprint density at radius 3 is 2.74 bits per heavy atom. The Bertz CT molecular complexity index is 418. The van der Waals surface area contributed by atoms with Crippen molar-refractivity contribution in [1.29, 1.82) is 0 Å². The van der Waals surface area contributed by atoms with Gasteiger partial charge in [0.25, 0.3) is 0 Å². The van der Waals surface area contributed by atoms with Gasteiger partial charge in [0.2, 0.25) is 0 Å². The van der Waals surface area contributed by atoms with E-state index in [1.165, 1.54) is 19.3 Å². The number of ether oxygens (including phenoxy) is 2. The zero-order valence-corrected chi connectivity index (χ0v) is 12.0. The molecule has 0 saturated heterocycles. The molecular formula is C15H21NO2S. The molecule has 104 valence electrons. The van der Waals surface area contributed by atoms with Crippen molar-refractivity contribution in [2.24, 2.45) is 11.7 Å². The highest BCUT2D eigenvalue weighted by molar-refractivity contribution is 7.80. The third-order valence-electron chi connectivity index (χ3n) is 3.21. The summed E-state index contributed by atoms with van der Waals surface area (Å²) in [6.45, 7) is 2.26. The molecule has 1 aromatic carbocycles. The molecule has 0 amide bonds. The summed E-state index contributed by atoms with van der Waals surface area (Å²) in [4.78, 5) is 0.372. The van der Waals surface area contributed by atoms with Gasteiger partial charge in [0.1, 0.15) is 10.7 Å². The van der Waals surface area contributed by atoms with Gasteiger partial charge in [0.05, 0.1) is 12.2 Å². The zero-order valence-electron chi connectivity index (χ0n) is 11.1. The van der Waals surface area contributed by atoms with Gasteiger partial charge in [-0.2, -0.15) is 0 Å². The van der Waals surface area contributed by atoms with Gasteiger partial charge in [-0.15, -0.1) is 0 Å². The largest absolute Gasteiger partial charge is 0.493 e. The molecular weight excluding hydrogens is 258 g/mol. The van der Waals surface area contributed by atoms with Crippen LogP contribution in [-0.4, -0.2) is 24.8 Å². The van der Waals surface area contributed by atoms with Gasteiger partial charge in [0, 0.05) is 19.6 Å². The van der Waals surface area contributed by atoms with E-state index in [1.54, 1.807) is 0 Å². The third kappa shape index (κ3) is 5.17. The first-order valence-electron chi connectivity index (χ1n) is 6.87. The standard InChI is InChI=1S/C15H21NO2S/c16-15(19)13-4-1-2-5-14(13)18-10-3-9-17-11-8-12-6-7-12/h1-2,4-5,12H,3,6-11H2,(H2,16,19). The molecule has 1 aliphatic carbocycles. The number of hydrogen-bond donors (Lipinski definition) is 1. The topological polar surface area (TPSA) is 44.5 Å². The van der Waals surface area contributed by atoms with Crippen molar-refractivity contribution in [3.63, 3.8) is 0 Å². The molecule has 4 heteroatoms. The second kappa shape index (κ2) is 7.46. The Morgan fingerprint density at radius 2 is 2.00 bits per heavy atom. The van der Waals surface area contributed by atoms with Crippen LogP contribution >= 0.6 is 12.2 Å². The monoisotopic (exact) mass is 279 g/mol. The highest BCUT2D eigenvalue weighted by Crippen LogP contribution is 2.32. The molecule has 0 spiro atoms. The first-order chi connectivity index (χ1) is 9.27. The van der Waals surface area contributed by atoms with E-state index in [-0.39, 0.29) is 0 Å². The van der Waals surface area contributed by atoms with Crippen LogP contribution < -0.4 is 10.5 Å². The van der Waals surface area contributed by atoms with Crippen molar-refractivity contribution in [2.45, 2.75) is 25.7 Å². The van der Waals surface area contributed by atoms with E-state index < -0.39 is 0 Å². The molecule has 0 aromatic heterocycles. The molecule has 0 radical (unpaired) electrons. The molecule has 1 fully saturated rings. The summed E-state index contributed by atoms with van der Waals surface area (Å²) < 4.78 is 11.3. The second-order valence-corrected chi connectivity index (χ2v) is 5.35. The normalized spacial score (nSPS) is 14.3. The highest BCUT2D eigenvalue weighted by Gasteiger charge is 2.20. The van der Waals surface area contributed by atoms with Crippen molar-refractivity contribution in [3.8, 4) is 5.75 Å². The maximum Gasteiger partial charge on any atom is 0.129 e. The molecule has 0 aliphatic heterocycles. The number of thiocarbonyl (C=S) groups is 1. The van der Waals surface area contributed by atoms with Gasteiger partial charge >= 0.3 is 0 Å². The molecule has 2 rings (SSSR count). The average molecular weight is 279 g/mol. The Kier molecular flexibility index (Phi) is 5.61. The molecule has 2 N–H and O–H groups in total. The summed E-state index contributed by atoms with van der Waals surface area (Å²) in [5.74, 6) is 1.70. The Balaban J connectivity index is 1.60. The lowest BCUT2D eigenvalue weighted by atomic mass is 10.2. The molecule has 1 saturated carbocycles. The summed E-state index contributed by atoms with van der Waals surface area (Å²) in [6.07, 6.45) is 4.88. The molecule has 0 unspecified atom stereocenters. The Hall–Kier alpha value is -1.13. The fourth-order valence-electron chi connectivity index (χ4n) is 1.90. The van der Waals surface area contributed by atoms with E-state index in [0.717, 1.165) is 36.9 Å². The summed E-state index contributed by atoms with van der Waals surface area (Å²) in [7, 11) is 0. The van der Waals surface area contributed by atoms with E-state index in [2.05, 4.69) is 0 Å². The summed E-state index contributed by atoms with van der Waals surface area (Å²) in [5.41, 5.74) is 6.44. The second-order valence-electron chi connectivity index (χ2n) is 4.91. The van der Waals surface area contributed by atoms with Gasteiger partial charge in [0.15, 0.2) is 0 Å². The average Bonchev–Trinajstić information content (AvgIpc) is 3.22. The number of benzene rings is 1. The van der Waals surface area contributed by atoms with Crippen LogP contribution in [0.2, 0.25) is 0 Å². The summed E-state index contributed by atoms with van der Waals surface area (Å²) in [6, 6.07) is 7.60. The predicted molar refractivity (Wildman–Crippen MR) is 80.6 cm³/mol. The quantitative estimate of drug-likeness (QED) is 0.557. The highest BCUT2D eigenvalue weighted by atomic mass is 32.1. The molecule has 19 heavy (non-hydrogen) atoms. The molecule has 0 heterocycles. The Morgan fingerprint density at radius 1 is 1.21 bits per heavy atom. The van der Waals surface area contributed by atoms with Crippen LogP contribution in [0.15, 0.2) is 24.3 Å². The van der Waals surface area contributed by atoms with Crippen LogP contribution in [0.25, 0.3) is 0 Å². The van der Waals surface area contributed by atoms with Crippen LogP contribution in [0, 0.1) is 5.92 Å². The molecule has 1 aromatic rings. The van der Waals surface area contributed by atoms with Gasteiger partial charge in [-0.1, -0.05) is 37.2 Å². The van der Waals surface area contributed by atoms with Gasteiger partial charge in [-0.05, 0) is 24.5 Å². The molecule has 1 aliphatic rings. The van der Waals surface area contributed by atoms with Crippen LogP contribution in [0.5, 0.6) is 5.75 Å². The van der Waals surface area contributed by atoms with Crippen molar-refractivity contribution >= 4 is 17.2 Å². The van der Waals surface area contributed by atoms with Crippen molar-refractivity contribution in [3.05, 3.63) is 29.8 Å². The van der Waals surface area contributed by atoms with E-state index >= 15 is 0 Å². The number of nitrogens with two attached hydrogens (primary N) is 1. The summed E-state index contributed by atoms with van der Waals surface area (Å²) >= 11 is 4.99. The minimum Gasteiger partial charge on any atom is -0.493 e. The predicted octanol–water partition coefficient (Wildman–Crippen LogP) is 2.91. The lowest BCUT2D eigenvalue weighted by molar-refractivity contribution is 0.114. The smallest absolute Gasteiger partial charge is 0.129 e. The fraction of sp³-hybridized carbons (Fsp3) is 0.533. The minimum absolute atomic E-state index is 0.372. The molecule has 0 bridgehead atoms. The lowest BCUT2D eigenvalue weighted by Crippen LogP contribution is -2.12. The fourth-order valence-corrected chi connectivity index (χ4v) is 2.07. The van der Waals surface area contributed by atoms with E-state index in [1.807, 2.05) is 24.3 Å². The van der Waals surface area contributed by atoms with E-state index in [0.29, 0.717) is 11.6 Å². The maximum atomic E-state index is 5.69. The third-order valence-corrected chi connectivity index (χ3v) is 3.43. The van der Waals surface area contributed by atoms with E-state index in [9.17, 15) is 0 Å². The summed E-state index contributed by atoms with van der Waals surface area (Å²) in [5, 5.41) is 0. The van der Waals surface area contributed by atoms with E-state index in [4.69, 9.17) is 27.4 Å².